The Kier molecular flexibility index (Phi) is 13.0. The fourth-order valence-electron chi connectivity index (χ4n) is 12.6. The van der Waals surface area contributed by atoms with Crippen molar-refractivity contribution in [2.75, 3.05) is 0 Å². The Morgan fingerprint density at radius 1 is 0.202 bits per heavy atom. The summed E-state index contributed by atoms with van der Waals surface area (Å²) < 4.78 is 3.65. The van der Waals surface area contributed by atoms with Gasteiger partial charge in [-0.25, -0.2) is 24.9 Å². The van der Waals surface area contributed by atoms with Crippen molar-refractivity contribution < 1.29 is 0 Å². The van der Waals surface area contributed by atoms with Gasteiger partial charge in [0.2, 0.25) is 0 Å². The van der Waals surface area contributed by atoms with Gasteiger partial charge in [-0.05, 0) is 120 Å². The van der Waals surface area contributed by atoms with Gasteiger partial charge in [-0.3, -0.25) is 0 Å². The number of benzene rings is 13. The predicted octanol–water partition coefficient (Wildman–Crippen LogP) is 23.1. The first-order valence-corrected chi connectivity index (χ1v) is 32.1. The quantitative estimate of drug-likeness (QED) is 0.142. The molecular formula is C81H49N5S3. The van der Waals surface area contributed by atoms with Crippen LogP contribution in [-0.2, 0) is 0 Å². The van der Waals surface area contributed by atoms with Crippen LogP contribution in [0.5, 0.6) is 0 Å². The molecule has 0 saturated heterocycles. The molecule has 5 heterocycles. The second-order valence-corrected chi connectivity index (χ2v) is 25.3. The Hall–Kier alpha value is -10.9. The summed E-state index contributed by atoms with van der Waals surface area (Å²) in [5, 5.41) is 13.4. The molecule has 8 heteroatoms. The van der Waals surface area contributed by atoms with Gasteiger partial charge in [0, 0.05) is 58.8 Å². The molecule has 18 aromatic rings. The monoisotopic (exact) mass is 1190 g/mol. The lowest BCUT2D eigenvalue weighted by Crippen LogP contribution is -1.94. The third-order valence-corrected chi connectivity index (χ3v) is 20.0. The zero-order valence-corrected chi connectivity index (χ0v) is 50.2. The van der Waals surface area contributed by atoms with E-state index in [2.05, 4.69) is 279 Å². The highest BCUT2D eigenvalue weighted by Crippen LogP contribution is 2.43. The number of thiophene rings is 2. The van der Waals surface area contributed by atoms with Gasteiger partial charge in [-0.1, -0.05) is 243 Å². The molecule has 5 nitrogen and oxygen atoms in total. The number of hydrogen-bond acceptors (Lipinski definition) is 8. The molecule has 5 aromatic heterocycles. The molecule has 0 radical (unpaired) electrons. The van der Waals surface area contributed by atoms with E-state index in [0.29, 0.717) is 0 Å². The molecule has 416 valence electrons. The van der Waals surface area contributed by atoms with Gasteiger partial charge in [-0.2, -0.15) is 0 Å². The summed E-state index contributed by atoms with van der Waals surface area (Å²) in [7, 11) is 0. The molecule has 0 aliphatic carbocycles. The summed E-state index contributed by atoms with van der Waals surface area (Å²) >= 11 is 5.18. The normalized spacial score (nSPS) is 11.6. The first-order valence-electron chi connectivity index (χ1n) is 29.7. The fourth-order valence-corrected chi connectivity index (χ4v) is 15.7. The van der Waals surface area contributed by atoms with Crippen LogP contribution in [0.3, 0.4) is 0 Å². The van der Waals surface area contributed by atoms with E-state index < -0.39 is 0 Å². The highest BCUT2D eigenvalue weighted by atomic mass is 32.1. The molecule has 0 bridgehead atoms. The molecule has 13 aromatic carbocycles. The van der Waals surface area contributed by atoms with Crippen molar-refractivity contribution >= 4 is 117 Å². The van der Waals surface area contributed by atoms with Crippen molar-refractivity contribution in [2.45, 2.75) is 0 Å². The minimum absolute atomic E-state index is 0.738. The number of nitrogens with zero attached hydrogens (tertiary/aromatic N) is 5. The summed E-state index contributed by atoms with van der Waals surface area (Å²) in [6.45, 7) is 0. The number of aromatic nitrogens is 5. The number of thiazole rings is 1. The maximum Gasteiger partial charge on any atom is 0.161 e. The molecular weight excluding hydrogens is 1140 g/mol. The highest BCUT2D eigenvalue weighted by molar-refractivity contribution is 7.26. The number of para-hydroxylation sites is 1. The molecule has 0 atom stereocenters. The van der Waals surface area contributed by atoms with Crippen molar-refractivity contribution in [3.05, 3.63) is 297 Å². The molecule has 0 amide bonds. The van der Waals surface area contributed by atoms with Crippen LogP contribution in [0.1, 0.15) is 0 Å². The smallest absolute Gasteiger partial charge is 0.161 e. The van der Waals surface area contributed by atoms with Crippen LogP contribution in [0, 0.1) is 0 Å². The average Bonchev–Trinajstić information content (AvgIpc) is 1.92. The lowest BCUT2D eigenvalue weighted by Gasteiger charge is -2.13. The molecule has 89 heavy (non-hydrogen) atoms. The average molecular weight is 1190 g/mol. The third kappa shape index (κ3) is 9.58. The van der Waals surface area contributed by atoms with Crippen molar-refractivity contribution in [3.8, 4) is 89.2 Å². The fraction of sp³-hybridized carbons (Fsp3) is 0. The van der Waals surface area contributed by atoms with Crippen LogP contribution in [0.15, 0.2) is 297 Å². The van der Waals surface area contributed by atoms with Crippen LogP contribution in [-0.4, -0.2) is 24.9 Å². The van der Waals surface area contributed by atoms with Crippen LogP contribution in [0.2, 0.25) is 0 Å². The van der Waals surface area contributed by atoms with Gasteiger partial charge in [0.15, 0.2) is 11.6 Å². The first kappa shape index (κ1) is 52.5. The van der Waals surface area contributed by atoms with Gasteiger partial charge >= 0.3 is 0 Å². The van der Waals surface area contributed by atoms with E-state index in [0.717, 1.165) is 104 Å². The molecule has 0 fully saturated rings. The molecule has 0 aliphatic heterocycles. The number of fused-ring (bicyclic) bond motifs is 13. The minimum atomic E-state index is 0.738. The zero-order chi connectivity index (χ0) is 58.8. The van der Waals surface area contributed by atoms with Gasteiger partial charge in [0.25, 0.3) is 0 Å². The topological polar surface area (TPSA) is 64.5 Å². The summed E-state index contributed by atoms with van der Waals surface area (Å²) in [6, 6.07) is 105. The van der Waals surface area contributed by atoms with Crippen LogP contribution in [0.4, 0.5) is 0 Å². The Bertz CT molecular complexity index is 5700. The molecule has 0 spiro atoms. The van der Waals surface area contributed by atoms with Gasteiger partial charge < -0.3 is 0 Å². The summed E-state index contributed by atoms with van der Waals surface area (Å²) in [5.41, 5.74) is 15.3. The molecule has 18 rings (SSSR count). The summed E-state index contributed by atoms with van der Waals surface area (Å²) in [6.07, 6.45) is 0. The van der Waals surface area contributed by atoms with E-state index in [-0.39, 0.29) is 0 Å². The lowest BCUT2D eigenvalue weighted by molar-refractivity contribution is 1.24. The van der Waals surface area contributed by atoms with E-state index in [1.807, 2.05) is 18.2 Å². The van der Waals surface area contributed by atoms with Crippen LogP contribution in [0.25, 0.3) is 172 Å². The summed E-state index contributed by atoms with van der Waals surface area (Å²) in [5.74, 6) is 1.48. The van der Waals surface area contributed by atoms with Gasteiger partial charge in [-0.15, -0.1) is 34.0 Å². The van der Waals surface area contributed by atoms with Crippen LogP contribution >= 0.6 is 34.0 Å². The van der Waals surface area contributed by atoms with Crippen molar-refractivity contribution in [1.29, 1.82) is 0 Å². The first-order chi connectivity index (χ1) is 44.1. The lowest BCUT2D eigenvalue weighted by atomic mass is 9.91. The maximum atomic E-state index is 5.23. The summed E-state index contributed by atoms with van der Waals surface area (Å²) in [4.78, 5) is 27.5. The molecule has 0 unspecified atom stereocenters. The van der Waals surface area contributed by atoms with E-state index >= 15 is 0 Å². The minimum Gasteiger partial charge on any atom is -0.236 e. The second-order valence-electron chi connectivity index (χ2n) is 22.2. The Balaban J connectivity index is 0.000000141. The predicted molar refractivity (Wildman–Crippen MR) is 379 cm³/mol. The molecule has 0 aliphatic rings. The van der Waals surface area contributed by atoms with Crippen molar-refractivity contribution in [2.24, 2.45) is 0 Å². The number of rotatable bonds is 8. The zero-order valence-electron chi connectivity index (χ0n) is 47.8. The van der Waals surface area contributed by atoms with Gasteiger partial charge in [0.1, 0.15) is 14.7 Å². The standard InChI is InChI=1S/C46H28N2S.C35H21N3S2/c1-2-12-29(13-3-1)44-43-40-22-8-9-23-42(40)49-46(43)48-45(47-44)34-17-11-16-32(27-34)30-14-10-15-31(26-30)33-24-25-39-37-20-5-4-18-35(37)36-19-6-7-21-38(36)41(39)28-33;1-2-10-22(11-3-1)32-31-27-16-4-6-18-29(27)39-35(31)38-33(37-32)25-14-8-12-23(20-25)24-13-9-15-26(21-24)34-36-28-17-5-7-19-30(28)40-34/h1-28H;1-21H. The van der Waals surface area contributed by atoms with Crippen LogP contribution < -0.4 is 0 Å². The van der Waals surface area contributed by atoms with E-state index in [9.17, 15) is 0 Å². The number of hydrogen-bond donors (Lipinski definition) is 0. The Morgan fingerprint density at radius 2 is 0.551 bits per heavy atom. The maximum absolute atomic E-state index is 5.23. The SMILES string of the molecule is c1ccc(-c2nc(-c3cccc(-c4cccc(-c5ccc6c7ccccc7c7ccccc7c6c5)c4)c3)nc3sc4ccccc4c23)cc1.c1ccc(-c2nc(-c3cccc(-c4cccc(-c5nc6ccccc6s5)c4)c3)nc3sc4ccccc4c23)cc1. The highest BCUT2D eigenvalue weighted by Gasteiger charge is 2.20. The molecule has 0 saturated carbocycles. The largest absolute Gasteiger partial charge is 0.236 e. The van der Waals surface area contributed by atoms with E-state index in [4.69, 9.17) is 24.9 Å². The van der Waals surface area contributed by atoms with E-state index in [1.165, 1.54) is 68.3 Å². The van der Waals surface area contributed by atoms with E-state index in [1.54, 1.807) is 34.0 Å². The Morgan fingerprint density at radius 3 is 1.03 bits per heavy atom. The van der Waals surface area contributed by atoms with Gasteiger partial charge in [0.05, 0.1) is 21.6 Å². The molecule has 0 N–H and O–H groups in total. The van der Waals surface area contributed by atoms with Crippen molar-refractivity contribution in [3.63, 3.8) is 0 Å². The van der Waals surface area contributed by atoms with Crippen molar-refractivity contribution in [1.82, 2.24) is 24.9 Å². The second kappa shape index (κ2) is 22.1. The Labute approximate surface area is 524 Å². The third-order valence-electron chi connectivity index (χ3n) is 16.8.